The van der Waals surface area contributed by atoms with E-state index in [0.717, 1.165) is 12.8 Å². The molecule has 1 aromatic rings. The lowest BCUT2D eigenvalue weighted by Crippen LogP contribution is -2.48. The Labute approximate surface area is 139 Å². The van der Waals surface area contributed by atoms with Gasteiger partial charge in [-0.05, 0) is 18.9 Å². The number of aromatic nitrogens is 1. The minimum absolute atomic E-state index is 0.0354. The molecule has 8 nitrogen and oxygen atoms in total. The molecule has 0 bridgehead atoms. The molecule has 3 rings (SSSR count). The van der Waals surface area contributed by atoms with Crippen LogP contribution >= 0.6 is 0 Å². The second kappa shape index (κ2) is 7.17. The Bertz CT molecular complexity index is 672. The Kier molecular flexibility index (Phi) is 4.79. The zero-order chi connectivity index (χ0) is 16.9. The molecule has 0 spiro atoms. The molecule has 2 aliphatic rings. The van der Waals surface area contributed by atoms with Crippen molar-refractivity contribution in [1.29, 1.82) is 5.26 Å². The molecule has 126 valence electrons. The number of carbonyl (C=O) groups excluding carboxylic acids is 2. The molecular weight excluding hydrogens is 312 g/mol. The van der Waals surface area contributed by atoms with Gasteiger partial charge in [0.1, 0.15) is 19.3 Å². The fourth-order valence-electron chi connectivity index (χ4n) is 2.81. The number of ether oxygens (including phenoxy) is 2. The van der Waals surface area contributed by atoms with Gasteiger partial charge in [-0.1, -0.05) is 0 Å². The van der Waals surface area contributed by atoms with Crippen LogP contribution in [-0.4, -0.2) is 65.7 Å². The topological polar surface area (TPSA) is 95.8 Å². The van der Waals surface area contributed by atoms with Crippen LogP contribution in [0.25, 0.3) is 0 Å². The Morgan fingerprint density at radius 1 is 1.50 bits per heavy atom. The molecule has 0 aromatic carbocycles. The van der Waals surface area contributed by atoms with Crippen LogP contribution < -0.4 is 4.74 Å². The lowest BCUT2D eigenvalue weighted by molar-refractivity contribution is -0.134. The number of hydrogen-bond acceptors (Lipinski definition) is 6. The molecule has 1 aromatic heterocycles. The molecule has 8 heteroatoms. The van der Waals surface area contributed by atoms with Crippen molar-refractivity contribution in [3.63, 3.8) is 0 Å². The van der Waals surface area contributed by atoms with E-state index < -0.39 is 6.09 Å². The Morgan fingerprint density at radius 3 is 3.12 bits per heavy atom. The zero-order valence-electron chi connectivity index (χ0n) is 13.2. The van der Waals surface area contributed by atoms with Crippen LogP contribution in [0.2, 0.25) is 0 Å². The molecule has 2 aliphatic heterocycles. The second-order valence-electron chi connectivity index (χ2n) is 5.75. The van der Waals surface area contributed by atoms with Gasteiger partial charge in [-0.25, -0.2) is 9.78 Å². The molecule has 0 N–H and O–H groups in total. The highest BCUT2D eigenvalue weighted by atomic mass is 16.6. The molecule has 3 heterocycles. The van der Waals surface area contributed by atoms with E-state index in [0.29, 0.717) is 37.7 Å². The van der Waals surface area contributed by atoms with E-state index in [1.165, 1.54) is 11.1 Å². The summed E-state index contributed by atoms with van der Waals surface area (Å²) < 4.78 is 10.6. The molecule has 2 saturated heterocycles. The SMILES string of the molecule is N#Cc1ccnc(OC2CCCN(C(=O)CN3CCOC3=O)C2)c1. The first-order chi connectivity index (χ1) is 11.7. The summed E-state index contributed by atoms with van der Waals surface area (Å²) >= 11 is 0. The van der Waals surface area contributed by atoms with Crippen LogP contribution in [-0.2, 0) is 9.53 Å². The molecule has 0 aliphatic carbocycles. The second-order valence-corrected chi connectivity index (χ2v) is 5.75. The van der Waals surface area contributed by atoms with Gasteiger partial charge < -0.3 is 14.4 Å². The molecule has 2 amide bonds. The first-order valence-corrected chi connectivity index (χ1v) is 7.88. The summed E-state index contributed by atoms with van der Waals surface area (Å²) in [5.74, 6) is 0.275. The standard InChI is InChI=1S/C16H18N4O4/c17-9-12-3-4-18-14(8-12)24-13-2-1-5-19(10-13)15(21)11-20-6-7-23-16(20)22/h3-4,8,13H,1-2,5-7,10-11H2. The van der Waals surface area contributed by atoms with Crippen molar-refractivity contribution in [2.75, 3.05) is 32.8 Å². The van der Waals surface area contributed by atoms with Crippen molar-refractivity contribution in [1.82, 2.24) is 14.8 Å². The maximum absolute atomic E-state index is 12.4. The molecule has 1 atom stereocenters. The lowest BCUT2D eigenvalue weighted by atomic mass is 10.1. The van der Waals surface area contributed by atoms with Gasteiger partial charge in [-0.2, -0.15) is 5.26 Å². The number of nitriles is 1. The fourth-order valence-corrected chi connectivity index (χ4v) is 2.81. The van der Waals surface area contributed by atoms with Crippen molar-refractivity contribution in [3.8, 4) is 11.9 Å². The average Bonchev–Trinajstić information content (AvgIpc) is 3.00. The molecule has 0 radical (unpaired) electrons. The third-order valence-electron chi connectivity index (χ3n) is 4.05. The third kappa shape index (κ3) is 3.74. The highest BCUT2D eigenvalue weighted by Crippen LogP contribution is 2.18. The number of hydrogen-bond donors (Lipinski definition) is 0. The maximum atomic E-state index is 12.4. The van der Waals surface area contributed by atoms with Crippen LogP contribution in [0.3, 0.4) is 0 Å². The van der Waals surface area contributed by atoms with Crippen LogP contribution in [0.1, 0.15) is 18.4 Å². The minimum Gasteiger partial charge on any atom is -0.472 e. The first-order valence-electron chi connectivity index (χ1n) is 7.88. The smallest absolute Gasteiger partial charge is 0.410 e. The van der Waals surface area contributed by atoms with E-state index >= 15 is 0 Å². The lowest BCUT2D eigenvalue weighted by Gasteiger charge is -2.33. The highest BCUT2D eigenvalue weighted by Gasteiger charge is 2.29. The van der Waals surface area contributed by atoms with Gasteiger partial charge in [0.15, 0.2) is 0 Å². The number of likely N-dealkylation sites (tertiary alicyclic amines) is 1. The Morgan fingerprint density at radius 2 is 2.38 bits per heavy atom. The van der Waals surface area contributed by atoms with Crippen LogP contribution in [0.4, 0.5) is 4.79 Å². The molecule has 1 unspecified atom stereocenters. The van der Waals surface area contributed by atoms with Gasteiger partial charge in [-0.15, -0.1) is 0 Å². The average molecular weight is 330 g/mol. The number of pyridine rings is 1. The van der Waals surface area contributed by atoms with Gasteiger partial charge in [0.25, 0.3) is 0 Å². The molecule has 2 fully saturated rings. The number of amides is 2. The van der Waals surface area contributed by atoms with Crippen LogP contribution in [0, 0.1) is 11.3 Å². The fraction of sp³-hybridized carbons (Fsp3) is 0.500. The van der Waals surface area contributed by atoms with Crippen molar-refractivity contribution < 1.29 is 19.1 Å². The van der Waals surface area contributed by atoms with Crippen LogP contribution in [0.5, 0.6) is 5.88 Å². The summed E-state index contributed by atoms with van der Waals surface area (Å²) in [7, 11) is 0. The van der Waals surface area contributed by atoms with E-state index in [2.05, 4.69) is 4.98 Å². The summed E-state index contributed by atoms with van der Waals surface area (Å²) in [4.78, 5) is 31.0. The highest BCUT2D eigenvalue weighted by molar-refractivity contribution is 5.83. The number of cyclic esters (lactones) is 1. The first kappa shape index (κ1) is 16.1. The van der Waals surface area contributed by atoms with Crippen molar-refractivity contribution in [2.45, 2.75) is 18.9 Å². The number of carbonyl (C=O) groups is 2. The van der Waals surface area contributed by atoms with Crippen molar-refractivity contribution >= 4 is 12.0 Å². The summed E-state index contributed by atoms with van der Waals surface area (Å²) in [6, 6.07) is 5.24. The zero-order valence-corrected chi connectivity index (χ0v) is 13.2. The summed E-state index contributed by atoms with van der Waals surface area (Å²) in [5.41, 5.74) is 0.483. The van der Waals surface area contributed by atoms with E-state index in [4.69, 9.17) is 14.7 Å². The van der Waals surface area contributed by atoms with E-state index in [9.17, 15) is 9.59 Å². The van der Waals surface area contributed by atoms with E-state index in [-0.39, 0.29) is 18.6 Å². The normalized spacial score (nSPS) is 20.5. The van der Waals surface area contributed by atoms with Crippen LogP contribution in [0.15, 0.2) is 18.3 Å². The van der Waals surface area contributed by atoms with E-state index in [1.54, 1.807) is 17.0 Å². The van der Waals surface area contributed by atoms with Crippen molar-refractivity contribution in [3.05, 3.63) is 23.9 Å². The van der Waals surface area contributed by atoms with Gasteiger partial charge in [0, 0.05) is 18.8 Å². The monoisotopic (exact) mass is 330 g/mol. The predicted molar refractivity (Wildman–Crippen MR) is 82.1 cm³/mol. The number of piperidine rings is 1. The summed E-state index contributed by atoms with van der Waals surface area (Å²) in [6.45, 7) is 1.91. The van der Waals surface area contributed by atoms with Gasteiger partial charge in [0.05, 0.1) is 24.7 Å². The van der Waals surface area contributed by atoms with Gasteiger partial charge in [-0.3, -0.25) is 9.69 Å². The van der Waals surface area contributed by atoms with E-state index in [1.807, 2.05) is 6.07 Å². The molecule has 0 saturated carbocycles. The number of rotatable bonds is 4. The summed E-state index contributed by atoms with van der Waals surface area (Å²) in [6.07, 6.45) is 2.55. The molecule has 24 heavy (non-hydrogen) atoms. The quantitative estimate of drug-likeness (QED) is 0.809. The maximum Gasteiger partial charge on any atom is 0.410 e. The molecular formula is C16H18N4O4. The van der Waals surface area contributed by atoms with Gasteiger partial charge in [0.2, 0.25) is 11.8 Å². The largest absolute Gasteiger partial charge is 0.472 e. The Balaban J connectivity index is 1.56. The Hall–Kier alpha value is -2.82. The van der Waals surface area contributed by atoms with Gasteiger partial charge >= 0.3 is 6.09 Å². The summed E-state index contributed by atoms with van der Waals surface area (Å²) in [5, 5.41) is 8.91. The predicted octanol–water partition coefficient (Wildman–Crippen LogP) is 0.775. The minimum atomic E-state index is -0.439. The number of nitrogens with zero attached hydrogens (tertiary/aromatic N) is 4. The van der Waals surface area contributed by atoms with Crippen molar-refractivity contribution in [2.24, 2.45) is 0 Å². The third-order valence-corrected chi connectivity index (χ3v) is 4.05.